The monoisotopic (exact) mass is 380 g/mol. The zero-order valence-corrected chi connectivity index (χ0v) is 16.0. The molecule has 1 N–H and O–H groups in total. The number of rotatable bonds is 6. The zero-order chi connectivity index (χ0) is 18.6. The molecule has 0 saturated carbocycles. The second-order valence-electron chi connectivity index (χ2n) is 5.74. The van der Waals surface area contributed by atoms with Crippen molar-refractivity contribution in [3.8, 4) is 0 Å². The van der Waals surface area contributed by atoms with Gasteiger partial charge in [-0.1, -0.05) is 23.7 Å². The third-order valence-corrected chi connectivity index (χ3v) is 5.73. The molecule has 7 heteroatoms. The standard InChI is InChI=1S/C18H21ClN2O3S/c1-13-5-4-6-18(14(13)2)21(15(3)22)12-11-20-25(23,24)17-9-7-16(19)8-10-17/h4-10,20H,11-12H2,1-3H3. The summed E-state index contributed by atoms with van der Waals surface area (Å²) in [6, 6.07) is 11.6. The maximum absolute atomic E-state index is 12.3. The molecule has 1 amide bonds. The topological polar surface area (TPSA) is 66.5 Å². The van der Waals surface area contributed by atoms with Crippen LogP contribution in [0, 0.1) is 13.8 Å². The van der Waals surface area contributed by atoms with E-state index in [1.54, 1.807) is 4.90 Å². The molecule has 2 rings (SSSR count). The highest BCUT2D eigenvalue weighted by Gasteiger charge is 2.17. The summed E-state index contributed by atoms with van der Waals surface area (Å²) in [4.78, 5) is 13.7. The smallest absolute Gasteiger partial charge is 0.240 e. The summed E-state index contributed by atoms with van der Waals surface area (Å²) in [6.07, 6.45) is 0. The van der Waals surface area contributed by atoms with Crippen LogP contribution in [0.2, 0.25) is 5.02 Å². The molecule has 2 aromatic rings. The first-order valence-corrected chi connectivity index (χ1v) is 9.68. The Morgan fingerprint density at radius 1 is 1.12 bits per heavy atom. The number of halogens is 1. The van der Waals surface area contributed by atoms with E-state index >= 15 is 0 Å². The molecule has 0 aliphatic carbocycles. The fourth-order valence-corrected chi connectivity index (χ4v) is 3.61. The van der Waals surface area contributed by atoms with Crippen LogP contribution < -0.4 is 9.62 Å². The lowest BCUT2D eigenvalue weighted by molar-refractivity contribution is -0.116. The van der Waals surface area contributed by atoms with Gasteiger partial charge in [0.25, 0.3) is 0 Å². The predicted octanol–water partition coefficient (Wildman–Crippen LogP) is 3.29. The number of carbonyl (C=O) groups excluding carboxylic acids is 1. The Bertz CT molecular complexity index is 864. The molecular formula is C18H21ClN2O3S. The van der Waals surface area contributed by atoms with Gasteiger partial charge in [0.05, 0.1) is 4.90 Å². The van der Waals surface area contributed by atoms with Gasteiger partial charge in [-0.15, -0.1) is 0 Å². The van der Waals surface area contributed by atoms with E-state index in [4.69, 9.17) is 11.6 Å². The van der Waals surface area contributed by atoms with E-state index in [9.17, 15) is 13.2 Å². The van der Waals surface area contributed by atoms with E-state index in [0.29, 0.717) is 5.02 Å². The fraction of sp³-hybridized carbons (Fsp3) is 0.278. The van der Waals surface area contributed by atoms with Gasteiger partial charge in [-0.3, -0.25) is 4.79 Å². The van der Waals surface area contributed by atoms with Crippen molar-refractivity contribution in [2.75, 3.05) is 18.0 Å². The van der Waals surface area contributed by atoms with Gasteiger partial charge < -0.3 is 4.90 Å². The SMILES string of the molecule is CC(=O)N(CCNS(=O)(=O)c1ccc(Cl)cc1)c1cccc(C)c1C. The molecule has 0 unspecified atom stereocenters. The number of hydrogen-bond donors (Lipinski definition) is 1. The van der Waals surface area contributed by atoms with Crippen molar-refractivity contribution in [3.05, 3.63) is 58.6 Å². The molecule has 25 heavy (non-hydrogen) atoms. The van der Waals surface area contributed by atoms with Crippen LogP contribution in [0.15, 0.2) is 47.4 Å². The minimum Gasteiger partial charge on any atom is -0.311 e. The van der Waals surface area contributed by atoms with Crippen molar-refractivity contribution in [3.63, 3.8) is 0 Å². The van der Waals surface area contributed by atoms with Crippen LogP contribution in [0.3, 0.4) is 0 Å². The number of benzene rings is 2. The number of nitrogens with one attached hydrogen (secondary N) is 1. The molecule has 5 nitrogen and oxygen atoms in total. The lowest BCUT2D eigenvalue weighted by Gasteiger charge is -2.24. The average molecular weight is 381 g/mol. The molecule has 0 saturated heterocycles. The minimum atomic E-state index is -3.65. The van der Waals surface area contributed by atoms with Crippen molar-refractivity contribution < 1.29 is 13.2 Å². The Balaban J connectivity index is 2.11. The summed E-state index contributed by atoms with van der Waals surface area (Å²) in [5.74, 6) is -0.139. The van der Waals surface area contributed by atoms with Crippen LogP contribution in [-0.4, -0.2) is 27.4 Å². The molecule has 0 atom stereocenters. The first kappa shape index (κ1) is 19.4. The van der Waals surface area contributed by atoms with Crippen molar-refractivity contribution in [2.24, 2.45) is 0 Å². The Labute approximate surface area is 153 Å². The highest BCUT2D eigenvalue weighted by Crippen LogP contribution is 2.22. The Morgan fingerprint density at radius 2 is 1.76 bits per heavy atom. The quantitative estimate of drug-likeness (QED) is 0.836. The summed E-state index contributed by atoms with van der Waals surface area (Å²) in [7, 11) is -3.65. The average Bonchev–Trinajstić information content (AvgIpc) is 2.55. The van der Waals surface area contributed by atoms with Gasteiger partial charge in [0, 0.05) is 30.7 Å². The maximum Gasteiger partial charge on any atom is 0.240 e. The first-order valence-electron chi connectivity index (χ1n) is 7.82. The molecule has 0 heterocycles. The van der Waals surface area contributed by atoms with Gasteiger partial charge in [0.2, 0.25) is 15.9 Å². The van der Waals surface area contributed by atoms with Gasteiger partial charge >= 0.3 is 0 Å². The molecule has 134 valence electrons. The highest BCUT2D eigenvalue weighted by atomic mass is 35.5. The Kier molecular flexibility index (Phi) is 6.21. The van der Waals surface area contributed by atoms with Crippen molar-refractivity contribution in [2.45, 2.75) is 25.7 Å². The second-order valence-corrected chi connectivity index (χ2v) is 7.94. The van der Waals surface area contributed by atoms with Crippen LogP contribution in [-0.2, 0) is 14.8 Å². The number of carbonyl (C=O) groups is 1. The molecule has 0 spiro atoms. The number of sulfonamides is 1. The van der Waals surface area contributed by atoms with Crippen LogP contribution in [0.4, 0.5) is 5.69 Å². The van der Waals surface area contributed by atoms with Gasteiger partial charge in [-0.05, 0) is 55.3 Å². The largest absolute Gasteiger partial charge is 0.311 e. The van der Waals surface area contributed by atoms with Crippen LogP contribution in [0.1, 0.15) is 18.1 Å². The Hall–Kier alpha value is -1.89. The summed E-state index contributed by atoms with van der Waals surface area (Å²) in [5, 5.41) is 0.469. The van der Waals surface area contributed by atoms with Crippen LogP contribution >= 0.6 is 11.6 Å². The summed E-state index contributed by atoms with van der Waals surface area (Å²) >= 11 is 5.78. The third-order valence-electron chi connectivity index (χ3n) is 4.00. The number of nitrogens with zero attached hydrogens (tertiary/aromatic N) is 1. The van der Waals surface area contributed by atoms with E-state index in [1.165, 1.54) is 31.2 Å². The first-order chi connectivity index (χ1) is 11.7. The summed E-state index contributed by atoms with van der Waals surface area (Å²) in [5.41, 5.74) is 2.86. The van der Waals surface area contributed by atoms with Gasteiger partial charge in [-0.25, -0.2) is 13.1 Å². The van der Waals surface area contributed by atoms with E-state index < -0.39 is 10.0 Å². The molecule has 0 aliphatic rings. The lowest BCUT2D eigenvalue weighted by Crippen LogP contribution is -2.38. The van der Waals surface area contributed by atoms with E-state index in [-0.39, 0.29) is 23.9 Å². The Morgan fingerprint density at radius 3 is 2.36 bits per heavy atom. The maximum atomic E-state index is 12.3. The molecule has 0 aromatic heterocycles. The molecular weight excluding hydrogens is 360 g/mol. The van der Waals surface area contributed by atoms with Crippen molar-refractivity contribution in [1.82, 2.24) is 4.72 Å². The number of amides is 1. The van der Waals surface area contributed by atoms with Crippen LogP contribution in [0.25, 0.3) is 0 Å². The molecule has 0 aliphatic heterocycles. The lowest BCUT2D eigenvalue weighted by atomic mass is 10.1. The molecule has 0 bridgehead atoms. The van der Waals surface area contributed by atoms with E-state index in [0.717, 1.165) is 16.8 Å². The summed E-state index contributed by atoms with van der Waals surface area (Å²) in [6.45, 7) is 5.73. The van der Waals surface area contributed by atoms with E-state index in [1.807, 2.05) is 32.0 Å². The van der Waals surface area contributed by atoms with Gasteiger partial charge in [0.1, 0.15) is 0 Å². The normalized spacial score (nSPS) is 11.4. The van der Waals surface area contributed by atoms with E-state index in [2.05, 4.69) is 4.72 Å². The fourth-order valence-electron chi connectivity index (χ4n) is 2.46. The van der Waals surface area contributed by atoms with Crippen molar-refractivity contribution >= 4 is 33.2 Å². The second kappa shape index (κ2) is 7.99. The van der Waals surface area contributed by atoms with Crippen LogP contribution in [0.5, 0.6) is 0 Å². The molecule has 0 fully saturated rings. The predicted molar refractivity (Wildman–Crippen MR) is 101 cm³/mol. The minimum absolute atomic E-state index is 0.109. The number of hydrogen-bond acceptors (Lipinski definition) is 3. The van der Waals surface area contributed by atoms with Crippen molar-refractivity contribution in [1.29, 1.82) is 0 Å². The van der Waals surface area contributed by atoms with Gasteiger partial charge in [0.15, 0.2) is 0 Å². The molecule has 0 radical (unpaired) electrons. The number of aryl methyl sites for hydroxylation is 1. The summed E-state index contributed by atoms with van der Waals surface area (Å²) < 4.78 is 27.1. The van der Waals surface area contributed by atoms with Gasteiger partial charge in [-0.2, -0.15) is 0 Å². The number of anilines is 1. The highest BCUT2D eigenvalue weighted by molar-refractivity contribution is 7.89. The zero-order valence-electron chi connectivity index (χ0n) is 14.4. The third kappa shape index (κ3) is 4.81. The molecule has 2 aromatic carbocycles.